The first-order valence-electron chi connectivity index (χ1n) is 5.18. The zero-order valence-electron chi connectivity index (χ0n) is 8.85. The van der Waals surface area contributed by atoms with E-state index in [9.17, 15) is 0 Å². The molecule has 0 bridgehead atoms. The molecule has 0 aliphatic heterocycles. The summed E-state index contributed by atoms with van der Waals surface area (Å²) in [4.78, 5) is 1.36. The molecule has 0 aliphatic rings. The lowest BCUT2D eigenvalue weighted by atomic mass is 10.3. The molecular weight excluding hydrogens is 222 g/mol. The Balaban J connectivity index is 2.09. The van der Waals surface area contributed by atoms with Crippen LogP contribution >= 0.6 is 23.1 Å². The molecule has 0 unspecified atom stereocenters. The van der Waals surface area contributed by atoms with Gasteiger partial charge in [-0.2, -0.15) is 11.8 Å². The van der Waals surface area contributed by atoms with Crippen LogP contribution in [0, 0.1) is 0 Å². The number of aromatic nitrogens is 1. The summed E-state index contributed by atoms with van der Waals surface area (Å²) < 4.78 is 2.34. The molecule has 0 N–H and O–H groups in total. The van der Waals surface area contributed by atoms with Crippen LogP contribution in [0.4, 0.5) is 0 Å². The van der Waals surface area contributed by atoms with E-state index in [1.54, 1.807) is 11.3 Å². The summed E-state index contributed by atoms with van der Waals surface area (Å²) in [7, 11) is 0. The van der Waals surface area contributed by atoms with E-state index in [1.807, 2.05) is 11.8 Å². The highest BCUT2D eigenvalue weighted by Crippen LogP contribution is 2.25. The smallest absolute Gasteiger partial charge is 0.0581 e. The fourth-order valence-electron chi connectivity index (χ4n) is 1.56. The Morgan fingerprint density at radius 1 is 1.33 bits per heavy atom. The van der Waals surface area contributed by atoms with Crippen molar-refractivity contribution in [2.75, 3.05) is 11.5 Å². The Morgan fingerprint density at radius 2 is 2.27 bits per heavy atom. The quantitative estimate of drug-likeness (QED) is 0.712. The standard InChI is InChI=1S/C12H15NS2/c1-2-14-10-8-13-7-3-5-11(13)12-6-4-9-15-12/h3-7,9H,2,8,10H2,1H3. The van der Waals surface area contributed by atoms with Crippen LogP contribution < -0.4 is 0 Å². The number of thioether (sulfide) groups is 1. The van der Waals surface area contributed by atoms with Crippen molar-refractivity contribution in [1.82, 2.24) is 4.57 Å². The highest BCUT2D eigenvalue weighted by atomic mass is 32.2. The van der Waals surface area contributed by atoms with Crippen LogP contribution in [0.25, 0.3) is 10.6 Å². The van der Waals surface area contributed by atoms with Crippen molar-refractivity contribution >= 4 is 23.1 Å². The second-order valence-corrected chi connectivity index (χ2v) is 5.60. The van der Waals surface area contributed by atoms with E-state index in [0.717, 1.165) is 6.54 Å². The molecule has 80 valence electrons. The van der Waals surface area contributed by atoms with E-state index in [2.05, 4.69) is 47.3 Å². The van der Waals surface area contributed by atoms with Crippen molar-refractivity contribution in [2.24, 2.45) is 0 Å². The lowest BCUT2D eigenvalue weighted by molar-refractivity contribution is 0.787. The van der Waals surface area contributed by atoms with E-state index >= 15 is 0 Å². The molecule has 2 aromatic rings. The number of rotatable bonds is 5. The molecule has 0 saturated heterocycles. The topological polar surface area (TPSA) is 4.93 Å². The molecule has 15 heavy (non-hydrogen) atoms. The zero-order chi connectivity index (χ0) is 10.5. The third kappa shape index (κ3) is 2.67. The van der Waals surface area contributed by atoms with Gasteiger partial charge in [0.2, 0.25) is 0 Å². The van der Waals surface area contributed by atoms with Crippen molar-refractivity contribution in [1.29, 1.82) is 0 Å². The summed E-state index contributed by atoms with van der Waals surface area (Å²) >= 11 is 3.80. The van der Waals surface area contributed by atoms with Crippen LogP contribution in [0.3, 0.4) is 0 Å². The summed E-state index contributed by atoms with van der Waals surface area (Å²) in [5, 5.41) is 2.13. The Labute approximate surface area is 99.1 Å². The van der Waals surface area contributed by atoms with Crippen molar-refractivity contribution < 1.29 is 0 Å². The molecule has 1 nitrogen and oxygen atoms in total. The number of hydrogen-bond acceptors (Lipinski definition) is 2. The van der Waals surface area contributed by atoms with Gasteiger partial charge in [0.05, 0.1) is 10.6 Å². The summed E-state index contributed by atoms with van der Waals surface area (Å²) in [5.74, 6) is 2.40. The summed E-state index contributed by atoms with van der Waals surface area (Å²) in [5.41, 5.74) is 1.35. The van der Waals surface area contributed by atoms with Gasteiger partial charge in [0, 0.05) is 18.5 Å². The Kier molecular flexibility index (Phi) is 3.92. The van der Waals surface area contributed by atoms with Gasteiger partial charge in [0.25, 0.3) is 0 Å². The second kappa shape index (κ2) is 5.42. The molecule has 0 aromatic carbocycles. The van der Waals surface area contributed by atoms with E-state index in [1.165, 1.54) is 22.1 Å². The molecule has 0 fully saturated rings. The number of aryl methyl sites for hydroxylation is 1. The zero-order valence-corrected chi connectivity index (χ0v) is 10.5. The van der Waals surface area contributed by atoms with Crippen LogP contribution in [0.5, 0.6) is 0 Å². The van der Waals surface area contributed by atoms with Crippen LogP contribution in [0.15, 0.2) is 35.8 Å². The van der Waals surface area contributed by atoms with Crippen LogP contribution in [0.2, 0.25) is 0 Å². The van der Waals surface area contributed by atoms with Crippen molar-refractivity contribution in [3.63, 3.8) is 0 Å². The molecule has 2 heterocycles. The second-order valence-electron chi connectivity index (χ2n) is 3.26. The molecular formula is C12H15NS2. The van der Waals surface area contributed by atoms with Crippen molar-refractivity contribution in [3.8, 4) is 10.6 Å². The highest BCUT2D eigenvalue weighted by Gasteiger charge is 2.03. The molecule has 0 atom stereocenters. The van der Waals surface area contributed by atoms with Crippen molar-refractivity contribution in [3.05, 3.63) is 35.8 Å². The Hall–Kier alpha value is -0.670. The molecule has 2 rings (SSSR count). The first-order valence-corrected chi connectivity index (χ1v) is 7.22. The van der Waals surface area contributed by atoms with Crippen molar-refractivity contribution in [2.45, 2.75) is 13.5 Å². The van der Waals surface area contributed by atoms with Gasteiger partial charge in [-0.15, -0.1) is 11.3 Å². The van der Waals surface area contributed by atoms with Crippen LogP contribution in [0.1, 0.15) is 6.92 Å². The van der Waals surface area contributed by atoms with Crippen LogP contribution in [-0.4, -0.2) is 16.1 Å². The molecule has 0 saturated carbocycles. The molecule has 0 spiro atoms. The predicted molar refractivity (Wildman–Crippen MR) is 70.7 cm³/mol. The summed E-state index contributed by atoms with van der Waals surface area (Å²) in [6.45, 7) is 3.32. The maximum absolute atomic E-state index is 2.34. The average molecular weight is 237 g/mol. The Bertz CT molecular complexity index is 389. The summed E-state index contributed by atoms with van der Waals surface area (Å²) in [6, 6.07) is 8.62. The van der Waals surface area contributed by atoms with Gasteiger partial charge in [-0.3, -0.25) is 0 Å². The fraction of sp³-hybridized carbons (Fsp3) is 0.333. The molecule has 0 amide bonds. The minimum atomic E-state index is 1.11. The number of nitrogens with zero attached hydrogens (tertiary/aromatic N) is 1. The average Bonchev–Trinajstić information content (AvgIpc) is 2.87. The largest absolute Gasteiger partial charge is 0.346 e. The van der Waals surface area contributed by atoms with Gasteiger partial charge < -0.3 is 4.57 Å². The fourth-order valence-corrected chi connectivity index (χ4v) is 2.95. The molecule has 2 aromatic heterocycles. The lowest BCUT2D eigenvalue weighted by Crippen LogP contribution is -2.00. The minimum absolute atomic E-state index is 1.11. The van der Waals surface area contributed by atoms with E-state index in [-0.39, 0.29) is 0 Å². The van der Waals surface area contributed by atoms with Gasteiger partial charge in [0.1, 0.15) is 0 Å². The Morgan fingerprint density at radius 3 is 3.00 bits per heavy atom. The minimum Gasteiger partial charge on any atom is -0.346 e. The highest BCUT2D eigenvalue weighted by molar-refractivity contribution is 7.99. The first kappa shape index (κ1) is 10.8. The van der Waals surface area contributed by atoms with Gasteiger partial charge in [-0.1, -0.05) is 13.0 Å². The van der Waals surface area contributed by atoms with Gasteiger partial charge >= 0.3 is 0 Å². The predicted octanol–water partition coefficient (Wildman–Crippen LogP) is 3.97. The SMILES string of the molecule is CCSCCn1cccc1-c1cccs1. The normalized spacial score (nSPS) is 10.7. The molecule has 0 aliphatic carbocycles. The third-order valence-corrected chi connectivity index (χ3v) is 4.06. The van der Waals surface area contributed by atoms with E-state index in [0.29, 0.717) is 0 Å². The van der Waals surface area contributed by atoms with Gasteiger partial charge in [-0.25, -0.2) is 0 Å². The molecule has 3 heteroatoms. The third-order valence-electron chi connectivity index (χ3n) is 2.28. The van der Waals surface area contributed by atoms with Gasteiger partial charge in [-0.05, 0) is 29.3 Å². The molecule has 0 radical (unpaired) electrons. The first-order chi connectivity index (χ1) is 7.42. The van der Waals surface area contributed by atoms with Gasteiger partial charge in [0.15, 0.2) is 0 Å². The monoisotopic (exact) mass is 237 g/mol. The van der Waals surface area contributed by atoms with E-state index in [4.69, 9.17) is 0 Å². The maximum atomic E-state index is 2.34. The summed E-state index contributed by atoms with van der Waals surface area (Å²) in [6.07, 6.45) is 2.17. The maximum Gasteiger partial charge on any atom is 0.0581 e. The number of thiophene rings is 1. The van der Waals surface area contributed by atoms with E-state index < -0.39 is 0 Å². The number of hydrogen-bond donors (Lipinski definition) is 0. The van der Waals surface area contributed by atoms with Crippen LogP contribution in [-0.2, 0) is 6.54 Å². The lowest BCUT2D eigenvalue weighted by Gasteiger charge is -2.06.